The molecule has 2 aliphatic heterocycles. The summed E-state index contributed by atoms with van der Waals surface area (Å²) in [6, 6.07) is 0. The minimum absolute atomic E-state index is 0.135. The van der Waals surface area contributed by atoms with Crippen LogP contribution in [0.3, 0.4) is 0 Å². The predicted octanol–water partition coefficient (Wildman–Crippen LogP) is 2.25. The number of hydrogen-bond donors (Lipinski definition) is 1. The minimum atomic E-state index is 0.135. The van der Waals surface area contributed by atoms with Crippen LogP contribution >= 0.6 is 0 Å². The zero-order valence-corrected chi connectivity index (χ0v) is 10.9. The van der Waals surface area contributed by atoms with Gasteiger partial charge >= 0.3 is 0 Å². The van der Waals surface area contributed by atoms with Gasteiger partial charge in [-0.1, -0.05) is 19.3 Å². The largest absolute Gasteiger partial charge is 0.373 e. The Bertz CT molecular complexity index is 257. The van der Waals surface area contributed by atoms with Crippen LogP contribution in [-0.2, 0) is 9.47 Å². The highest BCUT2D eigenvalue weighted by Gasteiger charge is 2.42. The summed E-state index contributed by atoms with van der Waals surface area (Å²) in [5.74, 6) is 0. The average Bonchev–Trinajstić information content (AvgIpc) is 2.77. The molecule has 0 bridgehead atoms. The van der Waals surface area contributed by atoms with Crippen LogP contribution in [0.25, 0.3) is 0 Å². The lowest BCUT2D eigenvalue weighted by molar-refractivity contribution is -0.173. The van der Waals surface area contributed by atoms with E-state index in [4.69, 9.17) is 9.47 Å². The molecule has 0 amide bonds. The van der Waals surface area contributed by atoms with Crippen LogP contribution in [0.2, 0.25) is 0 Å². The van der Waals surface area contributed by atoms with E-state index in [1.165, 1.54) is 44.9 Å². The maximum atomic E-state index is 6.46. The molecule has 3 aliphatic rings. The van der Waals surface area contributed by atoms with Crippen LogP contribution in [0.5, 0.6) is 0 Å². The normalized spacial score (nSPS) is 41.8. The van der Waals surface area contributed by atoms with E-state index in [2.05, 4.69) is 12.2 Å². The zero-order chi connectivity index (χ0) is 11.7. The van der Waals surface area contributed by atoms with Gasteiger partial charge in [-0.15, -0.1) is 0 Å². The molecule has 2 heterocycles. The van der Waals surface area contributed by atoms with Gasteiger partial charge < -0.3 is 14.8 Å². The number of nitrogens with one attached hydrogen (secondary N) is 1. The molecule has 3 rings (SSSR count). The quantitative estimate of drug-likeness (QED) is 0.761. The second-order valence-electron chi connectivity index (χ2n) is 6.09. The van der Waals surface area contributed by atoms with Crippen molar-refractivity contribution in [2.24, 2.45) is 0 Å². The van der Waals surface area contributed by atoms with Crippen LogP contribution in [0.4, 0.5) is 0 Å². The van der Waals surface area contributed by atoms with E-state index in [9.17, 15) is 0 Å². The first-order valence-corrected chi connectivity index (χ1v) is 7.31. The van der Waals surface area contributed by atoms with Crippen molar-refractivity contribution in [3.05, 3.63) is 0 Å². The van der Waals surface area contributed by atoms with Gasteiger partial charge in [-0.05, 0) is 32.6 Å². The molecule has 3 fully saturated rings. The van der Waals surface area contributed by atoms with E-state index < -0.39 is 0 Å². The molecule has 0 radical (unpaired) electrons. The molecule has 0 aromatic carbocycles. The SMILES string of the molecule is CC1CCC(C2CNCC3(CCCCC3)O2)O1. The van der Waals surface area contributed by atoms with Crippen molar-refractivity contribution in [3.8, 4) is 0 Å². The Kier molecular flexibility index (Phi) is 3.42. The van der Waals surface area contributed by atoms with Crippen LogP contribution < -0.4 is 5.32 Å². The highest BCUT2D eigenvalue weighted by atomic mass is 16.6. The monoisotopic (exact) mass is 239 g/mol. The first-order chi connectivity index (χ1) is 8.27. The molecule has 0 aromatic heterocycles. The lowest BCUT2D eigenvalue weighted by Gasteiger charge is -2.45. The van der Waals surface area contributed by atoms with Crippen molar-refractivity contribution in [1.29, 1.82) is 0 Å². The van der Waals surface area contributed by atoms with Crippen molar-refractivity contribution in [2.45, 2.75) is 75.8 Å². The fourth-order valence-corrected chi connectivity index (χ4v) is 3.65. The van der Waals surface area contributed by atoms with E-state index in [1.807, 2.05) is 0 Å². The molecule has 2 saturated heterocycles. The number of morpholine rings is 1. The molecule has 1 N–H and O–H groups in total. The van der Waals surface area contributed by atoms with Crippen molar-refractivity contribution >= 4 is 0 Å². The molecule has 1 aliphatic carbocycles. The standard InChI is InChI=1S/C14H25NO2/c1-11-5-6-12(16-11)13-9-15-10-14(17-13)7-3-2-4-8-14/h11-13,15H,2-10H2,1H3. The van der Waals surface area contributed by atoms with E-state index in [-0.39, 0.29) is 11.7 Å². The molecule has 1 saturated carbocycles. The molecular formula is C14H25NO2. The maximum absolute atomic E-state index is 6.46. The molecule has 98 valence electrons. The molecule has 3 unspecified atom stereocenters. The fourth-order valence-electron chi connectivity index (χ4n) is 3.65. The van der Waals surface area contributed by atoms with Gasteiger partial charge in [-0.2, -0.15) is 0 Å². The van der Waals surface area contributed by atoms with Gasteiger partial charge in [0.2, 0.25) is 0 Å². The van der Waals surface area contributed by atoms with Gasteiger partial charge in [0.15, 0.2) is 0 Å². The van der Waals surface area contributed by atoms with Crippen molar-refractivity contribution < 1.29 is 9.47 Å². The third-order valence-corrected chi connectivity index (χ3v) is 4.64. The Balaban J connectivity index is 1.62. The first kappa shape index (κ1) is 11.9. The maximum Gasteiger partial charge on any atom is 0.0968 e. The van der Waals surface area contributed by atoms with Crippen LogP contribution in [0.1, 0.15) is 51.9 Å². The van der Waals surface area contributed by atoms with E-state index >= 15 is 0 Å². The van der Waals surface area contributed by atoms with E-state index in [0.717, 1.165) is 13.1 Å². The fraction of sp³-hybridized carbons (Fsp3) is 1.00. The van der Waals surface area contributed by atoms with Gasteiger partial charge in [0, 0.05) is 13.1 Å². The Hall–Kier alpha value is -0.120. The minimum Gasteiger partial charge on any atom is -0.373 e. The topological polar surface area (TPSA) is 30.5 Å². The van der Waals surface area contributed by atoms with Crippen molar-refractivity contribution in [1.82, 2.24) is 5.32 Å². The van der Waals surface area contributed by atoms with E-state index in [1.54, 1.807) is 0 Å². The lowest BCUT2D eigenvalue weighted by atomic mass is 9.83. The molecular weight excluding hydrogens is 214 g/mol. The van der Waals surface area contributed by atoms with Crippen molar-refractivity contribution in [2.75, 3.05) is 13.1 Å². The predicted molar refractivity (Wildman–Crippen MR) is 67.1 cm³/mol. The van der Waals surface area contributed by atoms with E-state index in [0.29, 0.717) is 12.2 Å². The number of rotatable bonds is 1. The third kappa shape index (κ3) is 2.51. The summed E-state index contributed by atoms with van der Waals surface area (Å²) in [5, 5.41) is 3.58. The van der Waals surface area contributed by atoms with Crippen molar-refractivity contribution in [3.63, 3.8) is 0 Å². The lowest BCUT2D eigenvalue weighted by Crippen LogP contribution is -2.57. The summed E-state index contributed by atoms with van der Waals surface area (Å²) in [6.45, 7) is 4.19. The Morgan fingerprint density at radius 1 is 1.06 bits per heavy atom. The second-order valence-corrected chi connectivity index (χ2v) is 6.09. The summed E-state index contributed by atoms with van der Waals surface area (Å²) in [5.41, 5.74) is 0.135. The summed E-state index contributed by atoms with van der Waals surface area (Å²) in [6.07, 6.45) is 9.91. The Labute approximate surface area is 104 Å². The van der Waals surface area contributed by atoms with Crippen LogP contribution in [0, 0.1) is 0 Å². The molecule has 1 spiro atoms. The molecule has 17 heavy (non-hydrogen) atoms. The van der Waals surface area contributed by atoms with Gasteiger partial charge in [0.25, 0.3) is 0 Å². The Morgan fingerprint density at radius 3 is 2.59 bits per heavy atom. The van der Waals surface area contributed by atoms with Gasteiger partial charge in [-0.3, -0.25) is 0 Å². The summed E-state index contributed by atoms with van der Waals surface area (Å²) < 4.78 is 12.4. The smallest absolute Gasteiger partial charge is 0.0968 e. The number of ether oxygens (including phenoxy) is 2. The molecule has 3 atom stereocenters. The Morgan fingerprint density at radius 2 is 1.88 bits per heavy atom. The third-order valence-electron chi connectivity index (χ3n) is 4.64. The summed E-state index contributed by atoms with van der Waals surface area (Å²) in [4.78, 5) is 0. The van der Waals surface area contributed by atoms with Crippen LogP contribution in [-0.4, -0.2) is 37.0 Å². The summed E-state index contributed by atoms with van der Waals surface area (Å²) in [7, 11) is 0. The van der Waals surface area contributed by atoms with Crippen LogP contribution in [0.15, 0.2) is 0 Å². The molecule has 3 nitrogen and oxygen atoms in total. The molecule has 0 aromatic rings. The first-order valence-electron chi connectivity index (χ1n) is 7.31. The zero-order valence-electron chi connectivity index (χ0n) is 10.9. The van der Waals surface area contributed by atoms with Gasteiger partial charge in [0.05, 0.1) is 23.9 Å². The second kappa shape index (κ2) is 4.87. The number of hydrogen-bond acceptors (Lipinski definition) is 3. The highest BCUT2D eigenvalue weighted by molar-refractivity contribution is 4.94. The van der Waals surface area contributed by atoms with Gasteiger partial charge in [0.1, 0.15) is 0 Å². The van der Waals surface area contributed by atoms with Gasteiger partial charge in [-0.25, -0.2) is 0 Å². The highest BCUT2D eigenvalue weighted by Crippen LogP contribution is 2.36. The summed E-state index contributed by atoms with van der Waals surface area (Å²) >= 11 is 0. The average molecular weight is 239 g/mol. The molecule has 3 heteroatoms.